The third-order valence-electron chi connectivity index (χ3n) is 16.0. The van der Waals surface area contributed by atoms with Crippen LogP contribution < -0.4 is 10.7 Å². The molecular formula is C50H65N9O5S. The summed E-state index contributed by atoms with van der Waals surface area (Å²) in [6.45, 7) is 13.7. The van der Waals surface area contributed by atoms with E-state index in [-0.39, 0.29) is 53.9 Å². The zero-order chi connectivity index (χ0) is 44.9. The van der Waals surface area contributed by atoms with Gasteiger partial charge in [-0.15, -0.1) is 11.3 Å². The maximum atomic E-state index is 15.1. The van der Waals surface area contributed by atoms with Gasteiger partial charge in [0.2, 0.25) is 5.91 Å². The Morgan fingerprint density at radius 1 is 1.06 bits per heavy atom. The number of esters is 1. The van der Waals surface area contributed by atoms with E-state index in [0.717, 1.165) is 96.1 Å². The van der Waals surface area contributed by atoms with Gasteiger partial charge in [0.25, 0.3) is 5.91 Å². The summed E-state index contributed by atoms with van der Waals surface area (Å²) in [6, 6.07) is 9.84. The first kappa shape index (κ1) is 43.3. The van der Waals surface area contributed by atoms with E-state index >= 15 is 4.79 Å². The van der Waals surface area contributed by atoms with Gasteiger partial charge in [0.05, 0.1) is 41.9 Å². The molecule has 15 heteroatoms. The summed E-state index contributed by atoms with van der Waals surface area (Å²) in [6.07, 6.45) is 9.02. The number of amides is 2. The van der Waals surface area contributed by atoms with Crippen molar-refractivity contribution >= 4 is 40.0 Å². The van der Waals surface area contributed by atoms with Crippen molar-refractivity contribution in [3.63, 3.8) is 0 Å². The van der Waals surface area contributed by atoms with Gasteiger partial charge < -0.3 is 19.4 Å². The molecule has 6 bridgehead atoms. The molecule has 7 aliphatic rings. The highest BCUT2D eigenvalue weighted by molar-refractivity contribution is 7.10. The number of hydrogen-bond donors (Lipinski definition) is 2. The van der Waals surface area contributed by atoms with Crippen LogP contribution in [0.2, 0.25) is 0 Å². The van der Waals surface area contributed by atoms with Crippen LogP contribution >= 0.6 is 11.3 Å². The molecule has 4 saturated heterocycles. The van der Waals surface area contributed by atoms with Crippen molar-refractivity contribution in [2.75, 3.05) is 60.0 Å². The second kappa shape index (κ2) is 16.5. The van der Waals surface area contributed by atoms with Crippen LogP contribution in [0.15, 0.2) is 41.9 Å². The highest BCUT2D eigenvalue weighted by Gasteiger charge is 2.55. The third-order valence-corrected chi connectivity index (χ3v) is 16.9. The molecule has 4 aromatic rings. The number of aromatic nitrogens is 3. The lowest BCUT2D eigenvalue weighted by Gasteiger charge is -2.55. The molecule has 0 unspecified atom stereocenters. The Labute approximate surface area is 386 Å². The first-order chi connectivity index (χ1) is 31.3. The molecule has 65 heavy (non-hydrogen) atoms. The first-order valence-corrected chi connectivity index (χ1v) is 25.0. The Kier molecular flexibility index (Phi) is 11.0. The SMILES string of the molecule is CO[C@@H](C)c1ncccc1-c1c2c3cc(ccc3n1C1CN(C3CC3)C1)-c1csc(n1)[C@@H](N1CC3(CCCN3C)C1)[C@H](NC(=O)[C@H]1C[C@@H]1C)C(=O)N1CCC[C@H](N1)C(=O)OCC(C)(C)C2. The maximum absolute atomic E-state index is 15.1. The van der Waals surface area contributed by atoms with Crippen molar-refractivity contribution in [1.29, 1.82) is 0 Å². The van der Waals surface area contributed by atoms with Crippen molar-refractivity contribution in [2.45, 2.75) is 121 Å². The van der Waals surface area contributed by atoms with E-state index < -0.39 is 23.5 Å². The van der Waals surface area contributed by atoms with Crippen molar-refractivity contribution in [1.82, 2.24) is 45.0 Å². The maximum Gasteiger partial charge on any atom is 0.324 e. The Balaban J connectivity index is 1.07. The number of benzene rings is 1. The number of hydrogen-bond acceptors (Lipinski definition) is 12. The number of rotatable bonds is 8. The molecule has 6 fully saturated rings. The summed E-state index contributed by atoms with van der Waals surface area (Å²) >= 11 is 1.56. The molecule has 11 rings (SSSR count). The first-order valence-electron chi connectivity index (χ1n) is 24.2. The fourth-order valence-corrected chi connectivity index (χ4v) is 12.7. The van der Waals surface area contributed by atoms with Crippen LogP contribution in [0.3, 0.4) is 0 Å². The van der Waals surface area contributed by atoms with Crippen LogP contribution in [-0.2, 0) is 30.3 Å². The highest BCUT2D eigenvalue weighted by atomic mass is 32.1. The van der Waals surface area contributed by atoms with Gasteiger partial charge in [-0.3, -0.25) is 39.1 Å². The summed E-state index contributed by atoms with van der Waals surface area (Å²) in [7, 11) is 3.94. The molecule has 2 amide bonds. The van der Waals surface area contributed by atoms with E-state index in [1.165, 1.54) is 18.4 Å². The lowest BCUT2D eigenvalue weighted by molar-refractivity contribution is -0.156. The standard InChI is InChI=1S/C50H65N9O5S/c1-29-20-35(29)45(60)53-42-44(57-26-50(27-57)16-9-18-55(50)5)46-52-39(25-65-46)31-12-15-40-36(21-31)37(22-49(3,4)28-64-48(62)38-11-8-19-58(54-38)47(42)61)43(34-10-7-17-51-41(34)30(2)63-6)59(40)33-23-56(24-33)32-13-14-32/h7,10,12,15,17,21,25,29-30,32-33,35,38,42,44,54H,8-9,11,13-14,16,18-20,22-24,26-28H2,1-6H3,(H,53,60)/t29-,30-,35-,38-,42-,44-/m0/s1. The van der Waals surface area contributed by atoms with E-state index in [1.807, 2.05) is 12.3 Å². The molecular weight excluding hydrogens is 839 g/mol. The summed E-state index contributed by atoms with van der Waals surface area (Å²) < 4.78 is 14.8. The zero-order valence-electron chi connectivity index (χ0n) is 38.8. The van der Waals surface area contributed by atoms with Crippen molar-refractivity contribution in [2.24, 2.45) is 17.3 Å². The zero-order valence-corrected chi connectivity index (χ0v) is 39.7. The number of fused-ring (bicyclic) bond motifs is 6. The molecule has 6 atom stereocenters. The lowest BCUT2D eigenvalue weighted by Crippen LogP contribution is -2.70. The number of carbonyl (C=O) groups is 3. The van der Waals surface area contributed by atoms with Gasteiger partial charge in [0, 0.05) is 96.4 Å². The third kappa shape index (κ3) is 7.81. The van der Waals surface area contributed by atoms with Gasteiger partial charge in [-0.25, -0.2) is 10.4 Å². The molecule has 1 spiro atoms. The Morgan fingerprint density at radius 2 is 1.86 bits per heavy atom. The van der Waals surface area contributed by atoms with Crippen LogP contribution in [0.5, 0.6) is 0 Å². The average molecular weight is 904 g/mol. The highest BCUT2D eigenvalue weighted by Crippen LogP contribution is 2.48. The molecule has 1 aromatic carbocycles. The number of methoxy groups -OCH3 is 1. The number of nitrogens with zero attached hydrogens (tertiary/aromatic N) is 7. The molecule has 8 heterocycles. The van der Waals surface area contributed by atoms with Crippen molar-refractivity contribution in [3.05, 3.63) is 58.2 Å². The summed E-state index contributed by atoms with van der Waals surface area (Å²) in [5.74, 6) is -0.563. The van der Waals surface area contributed by atoms with Crippen LogP contribution in [0.1, 0.15) is 107 Å². The number of hydrazine groups is 1. The van der Waals surface area contributed by atoms with Crippen LogP contribution in [0, 0.1) is 17.3 Å². The smallest absolute Gasteiger partial charge is 0.324 e. The monoisotopic (exact) mass is 903 g/mol. The Bertz CT molecular complexity index is 2500. The molecule has 2 N–H and O–H groups in total. The minimum absolute atomic E-state index is 0.0400. The quantitative estimate of drug-likeness (QED) is 0.198. The van der Waals surface area contributed by atoms with E-state index in [2.05, 4.69) is 94.4 Å². The van der Waals surface area contributed by atoms with Crippen LogP contribution in [-0.4, -0.2) is 136 Å². The predicted molar refractivity (Wildman–Crippen MR) is 250 cm³/mol. The molecule has 14 nitrogen and oxygen atoms in total. The molecule has 3 aromatic heterocycles. The van der Waals surface area contributed by atoms with Gasteiger partial charge in [0.15, 0.2) is 0 Å². The number of pyridine rings is 1. The Morgan fingerprint density at radius 3 is 2.58 bits per heavy atom. The van der Waals surface area contributed by atoms with E-state index in [4.69, 9.17) is 19.4 Å². The summed E-state index contributed by atoms with van der Waals surface area (Å²) in [5.41, 5.74) is 10.2. The molecule has 5 aliphatic heterocycles. The molecule has 0 radical (unpaired) electrons. The van der Waals surface area contributed by atoms with E-state index in [9.17, 15) is 9.59 Å². The molecule has 2 saturated carbocycles. The van der Waals surface area contributed by atoms with Gasteiger partial charge in [-0.1, -0.05) is 26.8 Å². The molecule has 346 valence electrons. The lowest BCUT2D eigenvalue weighted by atomic mass is 9.84. The number of likely N-dealkylation sites (tertiary alicyclic amines) is 3. The average Bonchev–Trinajstić information content (AvgIpc) is 4.13. The van der Waals surface area contributed by atoms with Gasteiger partial charge >= 0.3 is 5.97 Å². The minimum atomic E-state index is -0.912. The number of ether oxygens (including phenoxy) is 2. The van der Waals surface area contributed by atoms with Gasteiger partial charge in [-0.05, 0) is 108 Å². The van der Waals surface area contributed by atoms with Crippen LogP contribution in [0.25, 0.3) is 33.4 Å². The predicted octanol–water partition coefficient (Wildman–Crippen LogP) is 6.14. The van der Waals surface area contributed by atoms with Crippen LogP contribution in [0.4, 0.5) is 0 Å². The number of thiazole rings is 1. The van der Waals surface area contributed by atoms with Crippen molar-refractivity contribution in [3.8, 4) is 22.5 Å². The molecule has 2 aliphatic carbocycles. The Hall–Kier alpha value is -4.25. The largest absolute Gasteiger partial charge is 0.464 e. The van der Waals surface area contributed by atoms with Gasteiger partial charge in [0.1, 0.15) is 17.1 Å². The van der Waals surface area contributed by atoms with E-state index in [1.54, 1.807) is 23.5 Å². The second-order valence-electron chi connectivity index (χ2n) is 21.3. The second-order valence-corrected chi connectivity index (χ2v) is 22.2. The fourth-order valence-electron chi connectivity index (χ4n) is 11.7. The number of carbonyl (C=O) groups excluding carboxylic acids is 3. The number of nitrogens with one attached hydrogen (secondary N) is 2. The normalized spacial score (nSPS) is 29.0. The number of cyclic esters (lactones) is 1. The van der Waals surface area contributed by atoms with E-state index in [0.29, 0.717) is 31.8 Å². The van der Waals surface area contributed by atoms with Crippen molar-refractivity contribution < 1.29 is 23.9 Å². The minimum Gasteiger partial charge on any atom is -0.464 e. The summed E-state index contributed by atoms with van der Waals surface area (Å²) in [4.78, 5) is 61.1. The van der Waals surface area contributed by atoms with Gasteiger partial charge in [-0.2, -0.15) is 0 Å². The fraction of sp³-hybridized carbons (Fsp3) is 0.620. The summed E-state index contributed by atoms with van der Waals surface area (Å²) in [5, 5.41) is 8.95. The topological polar surface area (TPSA) is 137 Å². The number of likely N-dealkylation sites (N-methyl/N-ethyl adjacent to an activating group) is 1.